The molecular formula is C17H29NOS. The standard InChI is InChI=1S/C17H29NOS/c1-12-9-10-14(11-13(12)2)15(16(3,4)5)18-20(19)17(6,7)8/h9-11,15,18H,1-8H3/t15-,20?/m0/s1. The van der Waals surface area contributed by atoms with Gasteiger partial charge in [-0.1, -0.05) is 39.0 Å². The van der Waals surface area contributed by atoms with E-state index in [-0.39, 0.29) is 16.2 Å². The highest BCUT2D eigenvalue weighted by Gasteiger charge is 2.31. The Morgan fingerprint density at radius 1 is 1.00 bits per heavy atom. The smallest absolute Gasteiger partial charge is 0.0976 e. The molecule has 1 aromatic carbocycles. The topological polar surface area (TPSA) is 29.1 Å². The molecule has 2 nitrogen and oxygen atoms in total. The fourth-order valence-electron chi connectivity index (χ4n) is 1.97. The van der Waals surface area contributed by atoms with Crippen LogP contribution in [0, 0.1) is 19.3 Å². The zero-order valence-electron chi connectivity index (χ0n) is 14.1. The number of benzene rings is 1. The van der Waals surface area contributed by atoms with Gasteiger partial charge in [0.2, 0.25) is 0 Å². The van der Waals surface area contributed by atoms with Crippen molar-refractivity contribution in [3.63, 3.8) is 0 Å². The zero-order valence-corrected chi connectivity index (χ0v) is 14.9. The lowest BCUT2D eigenvalue weighted by Gasteiger charge is -2.34. The maximum Gasteiger partial charge on any atom is 0.0976 e. The summed E-state index contributed by atoms with van der Waals surface area (Å²) in [5, 5.41) is 0. The Labute approximate surface area is 127 Å². The van der Waals surface area contributed by atoms with Gasteiger partial charge in [-0.25, -0.2) is 8.93 Å². The Morgan fingerprint density at radius 3 is 1.95 bits per heavy atom. The normalized spacial score (nSPS) is 16.0. The molecule has 2 atom stereocenters. The zero-order chi connectivity index (χ0) is 15.7. The SMILES string of the molecule is Cc1ccc([C@H](NS(=O)C(C)(C)C)C(C)(C)C)cc1C. The first-order valence-corrected chi connectivity index (χ1v) is 8.33. The van der Waals surface area contributed by atoms with Crippen LogP contribution in [0.5, 0.6) is 0 Å². The van der Waals surface area contributed by atoms with Gasteiger partial charge in [0.1, 0.15) is 0 Å². The van der Waals surface area contributed by atoms with E-state index >= 15 is 0 Å². The molecule has 0 aliphatic carbocycles. The summed E-state index contributed by atoms with van der Waals surface area (Å²) < 4.78 is 15.5. The number of aryl methyl sites for hydroxylation is 2. The molecule has 0 aromatic heterocycles. The second-order valence-corrected chi connectivity index (χ2v) is 9.64. The minimum absolute atomic E-state index is 0.00259. The molecule has 0 aliphatic rings. The Morgan fingerprint density at radius 2 is 1.55 bits per heavy atom. The van der Waals surface area contributed by atoms with Gasteiger partial charge in [-0.05, 0) is 56.7 Å². The summed E-state index contributed by atoms with van der Waals surface area (Å²) in [6, 6.07) is 6.57. The van der Waals surface area contributed by atoms with Gasteiger partial charge >= 0.3 is 0 Å². The van der Waals surface area contributed by atoms with Gasteiger partial charge in [0.15, 0.2) is 0 Å². The third-order valence-corrected chi connectivity index (χ3v) is 5.07. The average molecular weight is 295 g/mol. The van der Waals surface area contributed by atoms with E-state index in [4.69, 9.17) is 0 Å². The lowest BCUT2D eigenvalue weighted by Crippen LogP contribution is -2.40. The van der Waals surface area contributed by atoms with Crippen LogP contribution in [0.2, 0.25) is 0 Å². The highest BCUT2D eigenvalue weighted by atomic mass is 32.2. The van der Waals surface area contributed by atoms with Crippen molar-refractivity contribution in [1.29, 1.82) is 0 Å². The van der Waals surface area contributed by atoms with Crippen LogP contribution in [-0.2, 0) is 11.0 Å². The highest BCUT2D eigenvalue weighted by Crippen LogP contribution is 2.34. The monoisotopic (exact) mass is 295 g/mol. The molecule has 1 N–H and O–H groups in total. The number of hydrogen-bond acceptors (Lipinski definition) is 1. The first-order chi connectivity index (χ1) is 8.93. The molecule has 114 valence electrons. The van der Waals surface area contributed by atoms with Crippen LogP contribution in [0.1, 0.15) is 64.3 Å². The van der Waals surface area contributed by atoms with E-state index in [1.165, 1.54) is 16.7 Å². The van der Waals surface area contributed by atoms with Crippen molar-refractivity contribution in [3.8, 4) is 0 Å². The molecule has 0 spiro atoms. The van der Waals surface area contributed by atoms with Crippen LogP contribution in [0.25, 0.3) is 0 Å². The fraction of sp³-hybridized carbons (Fsp3) is 0.647. The summed E-state index contributed by atoms with van der Waals surface area (Å²) in [7, 11) is -1.08. The number of nitrogens with one attached hydrogen (secondary N) is 1. The average Bonchev–Trinajstić information content (AvgIpc) is 2.26. The van der Waals surface area contributed by atoms with Crippen LogP contribution in [0.15, 0.2) is 18.2 Å². The summed E-state index contributed by atoms with van der Waals surface area (Å²) in [6.45, 7) is 16.8. The van der Waals surface area contributed by atoms with Crippen LogP contribution in [0.3, 0.4) is 0 Å². The number of hydrogen-bond donors (Lipinski definition) is 1. The van der Waals surface area contributed by atoms with Crippen LogP contribution >= 0.6 is 0 Å². The summed E-state index contributed by atoms with van der Waals surface area (Å²) in [5.41, 5.74) is 3.78. The predicted octanol–water partition coefficient (Wildman–Crippen LogP) is 4.44. The minimum atomic E-state index is -1.08. The molecule has 0 radical (unpaired) electrons. The van der Waals surface area contributed by atoms with Crippen molar-refractivity contribution in [2.75, 3.05) is 0 Å². The van der Waals surface area contributed by atoms with E-state index in [0.29, 0.717) is 0 Å². The number of rotatable bonds is 3. The second-order valence-electron chi connectivity index (χ2n) is 7.64. The molecule has 0 fully saturated rings. The third kappa shape index (κ3) is 4.42. The van der Waals surface area contributed by atoms with E-state index < -0.39 is 11.0 Å². The molecule has 0 saturated heterocycles. The molecule has 0 aliphatic heterocycles. The molecule has 1 rings (SSSR count). The van der Waals surface area contributed by atoms with Crippen molar-refractivity contribution in [1.82, 2.24) is 4.72 Å². The Kier molecular flexibility index (Phi) is 5.20. The van der Waals surface area contributed by atoms with E-state index in [1.54, 1.807) is 0 Å². The minimum Gasteiger partial charge on any atom is -0.242 e. The molecule has 0 saturated carbocycles. The maximum absolute atomic E-state index is 12.4. The molecule has 1 unspecified atom stereocenters. The first-order valence-electron chi connectivity index (χ1n) is 7.18. The lowest BCUT2D eigenvalue weighted by atomic mass is 9.82. The molecule has 3 heteroatoms. The van der Waals surface area contributed by atoms with Crippen molar-refractivity contribution in [3.05, 3.63) is 34.9 Å². The third-order valence-electron chi connectivity index (χ3n) is 3.51. The van der Waals surface area contributed by atoms with Gasteiger partial charge < -0.3 is 0 Å². The van der Waals surface area contributed by atoms with Gasteiger partial charge in [0.05, 0.1) is 15.7 Å². The lowest BCUT2D eigenvalue weighted by molar-refractivity contribution is 0.306. The van der Waals surface area contributed by atoms with Crippen LogP contribution in [0.4, 0.5) is 0 Å². The molecular weight excluding hydrogens is 266 g/mol. The van der Waals surface area contributed by atoms with Crippen molar-refractivity contribution < 1.29 is 4.21 Å². The van der Waals surface area contributed by atoms with E-state index in [9.17, 15) is 4.21 Å². The van der Waals surface area contributed by atoms with E-state index in [2.05, 4.69) is 57.5 Å². The second kappa shape index (κ2) is 5.98. The molecule has 1 aromatic rings. The summed E-state index contributed by atoms with van der Waals surface area (Å²) in [4.78, 5) is 0. The Bertz CT molecular complexity index is 495. The molecule has 0 bridgehead atoms. The van der Waals surface area contributed by atoms with Gasteiger partial charge in [-0.3, -0.25) is 0 Å². The van der Waals surface area contributed by atoms with E-state index in [1.807, 2.05) is 20.8 Å². The van der Waals surface area contributed by atoms with Crippen molar-refractivity contribution in [2.45, 2.75) is 66.2 Å². The molecule has 0 amide bonds. The predicted molar refractivity (Wildman–Crippen MR) is 89.1 cm³/mol. The van der Waals surface area contributed by atoms with E-state index in [0.717, 1.165) is 0 Å². The van der Waals surface area contributed by atoms with Crippen molar-refractivity contribution >= 4 is 11.0 Å². The summed E-state index contributed by atoms with van der Waals surface area (Å²) in [5.74, 6) is 0. The first kappa shape index (κ1) is 17.4. The van der Waals surface area contributed by atoms with Gasteiger partial charge in [0, 0.05) is 6.04 Å². The van der Waals surface area contributed by atoms with Gasteiger partial charge in [0.25, 0.3) is 0 Å². The van der Waals surface area contributed by atoms with Crippen LogP contribution < -0.4 is 4.72 Å². The molecule has 0 heterocycles. The Balaban J connectivity index is 3.14. The molecule has 20 heavy (non-hydrogen) atoms. The summed E-state index contributed by atoms with van der Waals surface area (Å²) >= 11 is 0. The van der Waals surface area contributed by atoms with Gasteiger partial charge in [-0.15, -0.1) is 0 Å². The summed E-state index contributed by atoms with van der Waals surface area (Å²) in [6.07, 6.45) is 0. The highest BCUT2D eigenvalue weighted by molar-refractivity contribution is 7.84. The van der Waals surface area contributed by atoms with Gasteiger partial charge in [-0.2, -0.15) is 0 Å². The fourth-order valence-corrected chi connectivity index (χ4v) is 3.03. The van der Waals surface area contributed by atoms with Crippen molar-refractivity contribution in [2.24, 2.45) is 5.41 Å². The Hall–Kier alpha value is -0.670. The largest absolute Gasteiger partial charge is 0.242 e. The van der Waals surface area contributed by atoms with Crippen LogP contribution in [-0.4, -0.2) is 8.96 Å². The maximum atomic E-state index is 12.4. The quantitative estimate of drug-likeness (QED) is 0.877.